The van der Waals surface area contributed by atoms with Gasteiger partial charge in [0.25, 0.3) is 11.5 Å². The van der Waals surface area contributed by atoms with Crippen molar-refractivity contribution >= 4 is 46.3 Å². The van der Waals surface area contributed by atoms with Crippen LogP contribution in [-0.4, -0.2) is 29.7 Å². The fourth-order valence-electron chi connectivity index (χ4n) is 2.84. The molecule has 0 aliphatic heterocycles. The first-order valence-corrected chi connectivity index (χ1v) is 9.28. The SMILES string of the molecule is C=CCn1c(=S)[nH]c2cc(C(=O)Nc3cc(Cl)c(OC)cc3OC)ccc2c1=O. The van der Waals surface area contributed by atoms with Crippen molar-refractivity contribution in [3.05, 3.63) is 68.7 Å². The van der Waals surface area contributed by atoms with E-state index in [1.165, 1.54) is 18.8 Å². The zero-order chi connectivity index (χ0) is 21.1. The zero-order valence-corrected chi connectivity index (χ0v) is 17.3. The molecule has 150 valence electrons. The van der Waals surface area contributed by atoms with Crippen molar-refractivity contribution in [2.75, 3.05) is 19.5 Å². The molecular weight excluding hydrogens is 414 g/mol. The maximum atomic E-state index is 12.8. The van der Waals surface area contributed by atoms with Crippen LogP contribution in [-0.2, 0) is 6.54 Å². The number of nitrogens with one attached hydrogen (secondary N) is 2. The van der Waals surface area contributed by atoms with Crippen LogP contribution in [0.5, 0.6) is 11.5 Å². The molecule has 0 atom stereocenters. The number of carbonyl (C=O) groups is 1. The summed E-state index contributed by atoms with van der Waals surface area (Å²) in [4.78, 5) is 28.3. The number of nitrogens with zero attached hydrogens (tertiary/aromatic N) is 1. The predicted molar refractivity (Wildman–Crippen MR) is 116 cm³/mol. The molecule has 0 aliphatic rings. The number of aromatic amines is 1. The Kier molecular flexibility index (Phi) is 6.05. The monoisotopic (exact) mass is 431 g/mol. The third kappa shape index (κ3) is 4.03. The first-order chi connectivity index (χ1) is 13.9. The van der Waals surface area contributed by atoms with Gasteiger partial charge < -0.3 is 19.8 Å². The van der Waals surface area contributed by atoms with E-state index in [4.69, 9.17) is 33.3 Å². The van der Waals surface area contributed by atoms with E-state index in [9.17, 15) is 9.59 Å². The highest BCUT2D eigenvalue weighted by Gasteiger charge is 2.15. The van der Waals surface area contributed by atoms with Gasteiger partial charge in [-0.1, -0.05) is 17.7 Å². The number of hydrogen-bond donors (Lipinski definition) is 2. The Morgan fingerprint density at radius 2 is 2.00 bits per heavy atom. The summed E-state index contributed by atoms with van der Waals surface area (Å²) in [5.41, 5.74) is 0.933. The maximum absolute atomic E-state index is 12.8. The van der Waals surface area contributed by atoms with E-state index in [0.29, 0.717) is 45.2 Å². The fourth-order valence-corrected chi connectivity index (χ4v) is 3.35. The summed E-state index contributed by atoms with van der Waals surface area (Å²) in [7, 11) is 2.96. The van der Waals surface area contributed by atoms with Crippen LogP contribution in [0.1, 0.15) is 10.4 Å². The van der Waals surface area contributed by atoms with E-state index in [1.54, 1.807) is 36.4 Å². The molecule has 0 saturated heterocycles. The summed E-state index contributed by atoms with van der Waals surface area (Å²) < 4.78 is 12.1. The lowest BCUT2D eigenvalue weighted by Crippen LogP contribution is -2.22. The van der Waals surface area contributed by atoms with Gasteiger partial charge in [-0.25, -0.2) is 0 Å². The van der Waals surface area contributed by atoms with Crippen LogP contribution in [0, 0.1) is 4.77 Å². The number of H-pyrrole nitrogens is 1. The number of aromatic nitrogens is 2. The molecule has 9 heteroatoms. The summed E-state index contributed by atoms with van der Waals surface area (Å²) >= 11 is 11.4. The van der Waals surface area contributed by atoms with Gasteiger partial charge in [0, 0.05) is 18.2 Å². The van der Waals surface area contributed by atoms with E-state index in [2.05, 4.69) is 16.9 Å². The Bertz CT molecular complexity index is 1230. The molecule has 3 rings (SSSR count). The number of methoxy groups -OCH3 is 2. The minimum atomic E-state index is -0.402. The topological polar surface area (TPSA) is 85.3 Å². The van der Waals surface area contributed by atoms with Gasteiger partial charge in [-0.05, 0) is 36.5 Å². The Labute approximate surface area is 176 Å². The van der Waals surface area contributed by atoms with Crippen molar-refractivity contribution in [1.29, 1.82) is 0 Å². The normalized spacial score (nSPS) is 10.6. The van der Waals surface area contributed by atoms with E-state index < -0.39 is 5.91 Å². The Morgan fingerprint density at radius 3 is 2.66 bits per heavy atom. The number of allylic oxidation sites excluding steroid dienone is 1. The molecule has 0 aliphatic carbocycles. The Hall–Kier alpha value is -3.10. The van der Waals surface area contributed by atoms with Crippen molar-refractivity contribution in [3.8, 4) is 11.5 Å². The second kappa shape index (κ2) is 8.50. The third-order valence-corrected chi connectivity index (χ3v) is 4.90. The van der Waals surface area contributed by atoms with Gasteiger partial charge in [-0.2, -0.15) is 0 Å². The number of halogens is 1. The van der Waals surface area contributed by atoms with E-state index in [0.717, 1.165) is 0 Å². The van der Waals surface area contributed by atoms with E-state index >= 15 is 0 Å². The maximum Gasteiger partial charge on any atom is 0.262 e. The van der Waals surface area contributed by atoms with Gasteiger partial charge in [0.05, 0.1) is 35.8 Å². The molecule has 0 fully saturated rings. The molecule has 2 N–H and O–H groups in total. The summed E-state index contributed by atoms with van der Waals surface area (Å²) in [6, 6.07) is 7.83. The minimum Gasteiger partial charge on any atom is -0.495 e. The lowest BCUT2D eigenvalue weighted by molar-refractivity contribution is 0.102. The Morgan fingerprint density at radius 1 is 1.28 bits per heavy atom. The second-order valence-electron chi connectivity index (χ2n) is 6.04. The fraction of sp³-hybridized carbons (Fsp3) is 0.150. The number of fused-ring (bicyclic) bond motifs is 1. The summed E-state index contributed by atoms with van der Waals surface area (Å²) in [5, 5.41) is 3.50. The lowest BCUT2D eigenvalue weighted by Gasteiger charge is -2.13. The summed E-state index contributed by atoms with van der Waals surface area (Å²) in [5.74, 6) is 0.420. The lowest BCUT2D eigenvalue weighted by atomic mass is 10.1. The number of anilines is 1. The number of benzene rings is 2. The van der Waals surface area contributed by atoms with Crippen LogP contribution in [0.3, 0.4) is 0 Å². The number of hydrogen-bond acceptors (Lipinski definition) is 5. The van der Waals surface area contributed by atoms with Crippen LogP contribution in [0.25, 0.3) is 10.9 Å². The second-order valence-corrected chi connectivity index (χ2v) is 6.83. The van der Waals surface area contributed by atoms with Crippen LogP contribution < -0.4 is 20.3 Å². The molecule has 1 heterocycles. The molecule has 0 unspecified atom stereocenters. The molecule has 7 nitrogen and oxygen atoms in total. The van der Waals surface area contributed by atoms with Gasteiger partial charge in [-0.3, -0.25) is 14.2 Å². The molecule has 3 aromatic rings. The molecular formula is C20H18ClN3O4S. The average molecular weight is 432 g/mol. The molecule has 0 radical (unpaired) electrons. The van der Waals surface area contributed by atoms with Crippen molar-refractivity contribution in [2.24, 2.45) is 0 Å². The number of carbonyl (C=O) groups excluding carboxylic acids is 1. The highest BCUT2D eigenvalue weighted by molar-refractivity contribution is 7.71. The Balaban J connectivity index is 1.99. The quantitative estimate of drug-likeness (QED) is 0.452. The number of ether oxygens (including phenoxy) is 2. The minimum absolute atomic E-state index is 0.251. The van der Waals surface area contributed by atoms with Gasteiger partial charge in [0.15, 0.2) is 4.77 Å². The average Bonchev–Trinajstić information content (AvgIpc) is 2.70. The van der Waals surface area contributed by atoms with Crippen molar-refractivity contribution in [3.63, 3.8) is 0 Å². The van der Waals surface area contributed by atoms with Crippen molar-refractivity contribution < 1.29 is 14.3 Å². The molecule has 0 spiro atoms. The van der Waals surface area contributed by atoms with Crippen LogP contribution in [0.4, 0.5) is 5.69 Å². The molecule has 0 saturated carbocycles. The van der Waals surface area contributed by atoms with Gasteiger partial charge in [-0.15, -0.1) is 6.58 Å². The standard InChI is InChI=1S/C20H18ClN3O4S/c1-4-7-24-19(26)12-6-5-11(8-14(12)23-20(24)29)18(25)22-15-9-13(21)16(27-2)10-17(15)28-3/h4-6,8-10H,1,7H2,2-3H3,(H,22,25)(H,23,29). The van der Waals surface area contributed by atoms with Crippen LogP contribution in [0.15, 0.2) is 47.8 Å². The number of amides is 1. The van der Waals surface area contributed by atoms with Gasteiger partial charge in [0.1, 0.15) is 11.5 Å². The molecule has 1 amide bonds. The highest BCUT2D eigenvalue weighted by Crippen LogP contribution is 2.36. The van der Waals surface area contributed by atoms with Gasteiger partial charge >= 0.3 is 0 Å². The summed E-state index contributed by atoms with van der Waals surface area (Å²) in [6.45, 7) is 3.92. The first kappa shape index (κ1) is 20.6. The zero-order valence-electron chi connectivity index (χ0n) is 15.7. The third-order valence-electron chi connectivity index (χ3n) is 4.28. The largest absolute Gasteiger partial charge is 0.495 e. The van der Waals surface area contributed by atoms with Crippen molar-refractivity contribution in [2.45, 2.75) is 6.54 Å². The molecule has 0 bridgehead atoms. The van der Waals surface area contributed by atoms with E-state index in [-0.39, 0.29) is 10.3 Å². The smallest absolute Gasteiger partial charge is 0.262 e. The first-order valence-electron chi connectivity index (χ1n) is 8.50. The van der Waals surface area contributed by atoms with E-state index in [1.807, 2.05) is 0 Å². The molecule has 29 heavy (non-hydrogen) atoms. The highest BCUT2D eigenvalue weighted by atomic mass is 35.5. The molecule has 2 aromatic carbocycles. The van der Waals surface area contributed by atoms with Crippen molar-refractivity contribution in [1.82, 2.24) is 9.55 Å². The van der Waals surface area contributed by atoms with Crippen LogP contribution in [0.2, 0.25) is 5.02 Å². The van der Waals surface area contributed by atoms with Crippen LogP contribution >= 0.6 is 23.8 Å². The van der Waals surface area contributed by atoms with Gasteiger partial charge in [0.2, 0.25) is 0 Å². The predicted octanol–water partition coefficient (Wildman–Crippen LogP) is 4.17. The molecule has 1 aromatic heterocycles. The number of rotatable bonds is 6. The summed E-state index contributed by atoms with van der Waals surface area (Å²) in [6.07, 6.45) is 1.59.